The summed E-state index contributed by atoms with van der Waals surface area (Å²) in [5.74, 6) is 0.462. The lowest BCUT2D eigenvalue weighted by atomic mass is 10.00. The van der Waals surface area contributed by atoms with E-state index in [0.717, 1.165) is 18.5 Å². The lowest BCUT2D eigenvalue weighted by Gasteiger charge is -2.29. The quantitative estimate of drug-likeness (QED) is 0.347. The van der Waals surface area contributed by atoms with Crippen molar-refractivity contribution in [2.75, 3.05) is 41.6 Å². The summed E-state index contributed by atoms with van der Waals surface area (Å²) in [6.07, 6.45) is 3.60. The van der Waals surface area contributed by atoms with Crippen molar-refractivity contribution < 1.29 is 18.3 Å². The third-order valence-electron chi connectivity index (χ3n) is 6.76. The van der Waals surface area contributed by atoms with Crippen molar-refractivity contribution in [3.8, 4) is 0 Å². The van der Waals surface area contributed by atoms with Crippen LogP contribution in [0.15, 0.2) is 48.5 Å². The lowest BCUT2D eigenvalue weighted by molar-refractivity contribution is 0.0830. The number of carbonyl (C=O) groups excluding carboxylic acids is 1. The van der Waals surface area contributed by atoms with Crippen molar-refractivity contribution in [1.29, 1.82) is 0 Å². The molecule has 4 rings (SSSR count). The molecule has 4 N–H and O–H groups in total. The number of hydrogen-bond donors (Lipinski definition) is 4. The molecule has 0 aromatic heterocycles. The molecule has 2 fully saturated rings. The van der Waals surface area contributed by atoms with E-state index in [1.165, 1.54) is 17.1 Å². The number of aliphatic hydroxyl groups is 1. The molecule has 0 radical (unpaired) electrons. The third kappa shape index (κ3) is 7.21. The minimum atomic E-state index is -3.41. The SMILES string of the molecule is CCNc1cc(C(=O)N[C@@H](Cc2ccccc2)[C@H](O)CNCC2CC2)cc(N2CCCCS2(=O)=O)c1. The van der Waals surface area contributed by atoms with Crippen molar-refractivity contribution in [3.05, 3.63) is 59.7 Å². The van der Waals surface area contributed by atoms with Gasteiger partial charge in [0.15, 0.2) is 0 Å². The van der Waals surface area contributed by atoms with Gasteiger partial charge in [0, 0.05) is 30.9 Å². The average Bonchev–Trinajstić information content (AvgIpc) is 3.68. The zero-order valence-corrected chi connectivity index (χ0v) is 21.8. The predicted octanol–water partition coefficient (Wildman–Crippen LogP) is 2.75. The first-order valence-corrected chi connectivity index (χ1v) is 14.6. The molecule has 1 saturated carbocycles. The molecule has 2 aliphatic rings. The van der Waals surface area contributed by atoms with Crippen LogP contribution < -0.4 is 20.3 Å². The molecule has 196 valence electrons. The summed E-state index contributed by atoms with van der Waals surface area (Å²) < 4.78 is 26.8. The maximum Gasteiger partial charge on any atom is 0.251 e. The third-order valence-corrected chi connectivity index (χ3v) is 8.63. The first-order valence-electron chi connectivity index (χ1n) is 13.0. The van der Waals surface area contributed by atoms with Gasteiger partial charge in [-0.15, -0.1) is 0 Å². The minimum Gasteiger partial charge on any atom is -0.390 e. The van der Waals surface area contributed by atoms with Crippen molar-refractivity contribution in [3.63, 3.8) is 0 Å². The molecule has 2 atom stereocenters. The molecular weight excluding hydrogens is 476 g/mol. The monoisotopic (exact) mass is 514 g/mol. The van der Waals surface area contributed by atoms with Gasteiger partial charge in [0.25, 0.3) is 5.91 Å². The van der Waals surface area contributed by atoms with Gasteiger partial charge < -0.3 is 21.1 Å². The first-order chi connectivity index (χ1) is 17.4. The van der Waals surface area contributed by atoms with E-state index in [9.17, 15) is 18.3 Å². The van der Waals surface area contributed by atoms with Gasteiger partial charge in [-0.05, 0) is 75.3 Å². The number of amides is 1. The molecule has 8 nitrogen and oxygen atoms in total. The van der Waals surface area contributed by atoms with Gasteiger partial charge >= 0.3 is 0 Å². The summed E-state index contributed by atoms with van der Waals surface area (Å²) in [7, 11) is -3.41. The van der Waals surface area contributed by atoms with Crippen LogP contribution in [-0.4, -0.2) is 63.5 Å². The molecule has 1 aliphatic carbocycles. The van der Waals surface area contributed by atoms with Gasteiger partial charge in [-0.3, -0.25) is 9.10 Å². The Morgan fingerprint density at radius 1 is 1.14 bits per heavy atom. The van der Waals surface area contributed by atoms with E-state index in [1.807, 2.05) is 37.3 Å². The van der Waals surface area contributed by atoms with Crippen LogP contribution in [0, 0.1) is 5.92 Å². The molecule has 2 aromatic rings. The number of rotatable bonds is 12. The van der Waals surface area contributed by atoms with Crippen LogP contribution in [0.2, 0.25) is 0 Å². The van der Waals surface area contributed by atoms with Crippen LogP contribution in [0.25, 0.3) is 0 Å². The van der Waals surface area contributed by atoms with Crippen LogP contribution in [0.3, 0.4) is 0 Å². The van der Waals surface area contributed by atoms with E-state index in [-0.39, 0.29) is 11.7 Å². The van der Waals surface area contributed by atoms with E-state index in [4.69, 9.17) is 0 Å². The van der Waals surface area contributed by atoms with Crippen molar-refractivity contribution >= 4 is 27.3 Å². The van der Waals surface area contributed by atoms with Gasteiger partial charge in [0.05, 0.1) is 23.6 Å². The number of sulfonamides is 1. The highest BCUT2D eigenvalue weighted by atomic mass is 32.2. The van der Waals surface area contributed by atoms with Crippen LogP contribution in [0.5, 0.6) is 0 Å². The van der Waals surface area contributed by atoms with Gasteiger partial charge in [-0.25, -0.2) is 8.42 Å². The lowest BCUT2D eigenvalue weighted by Crippen LogP contribution is -2.49. The Kier molecular flexibility index (Phi) is 8.87. The molecule has 1 saturated heterocycles. The number of nitrogens with one attached hydrogen (secondary N) is 3. The Balaban J connectivity index is 1.55. The zero-order chi connectivity index (χ0) is 25.5. The predicted molar refractivity (Wildman–Crippen MR) is 144 cm³/mol. The molecule has 9 heteroatoms. The second-order valence-corrected chi connectivity index (χ2v) is 11.8. The van der Waals surface area contributed by atoms with Crippen molar-refractivity contribution in [2.24, 2.45) is 5.92 Å². The maximum absolute atomic E-state index is 13.5. The van der Waals surface area contributed by atoms with Gasteiger partial charge in [0.2, 0.25) is 10.0 Å². The highest BCUT2D eigenvalue weighted by molar-refractivity contribution is 7.92. The van der Waals surface area contributed by atoms with Gasteiger partial charge in [-0.1, -0.05) is 30.3 Å². The Bertz CT molecular complexity index is 1120. The topological polar surface area (TPSA) is 111 Å². The molecule has 36 heavy (non-hydrogen) atoms. The highest BCUT2D eigenvalue weighted by Gasteiger charge is 2.28. The van der Waals surface area contributed by atoms with Crippen LogP contribution >= 0.6 is 0 Å². The fourth-order valence-electron chi connectivity index (χ4n) is 4.57. The summed E-state index contributed by atoms with van der Waals surface area (Å²) in [5.41, 5.74) is 2.56. The second kappa shape index (κ2) is 12.1. The Morgan fingerprint density at radius 2 is 1.92 bits per heavy atom. The fraction of sp³-hybridized carbons (Fsp3) is 0.519. The standard InChI is InChI=1S/C27H38N4O4S/c1-2-29-23-15-22(16-24(17-23)31-12-6-7-13-36(31,34)35)27(33)30-25(14-20-8-4-3-5-9-20)26(32)19-28-18-21-10-11-21/h3-5,8-9,15-17,21,25-26,28-29,32H,2,6-7,10-14,18-19H2,1H3,(H,30,33)/t25-,26+/m0/s1. The Hall–Kier alpha value is -2.62. The smallest absolute Gasteiger partial charge is 0.251 e. The molecule has 0 unspecified atom stereocenters. The second-order valence-electron chi connectivity index (χ2n) is 9.83. The molecule has 2 aromatic carbocycles. The summed E-state index contributed by atoms with van der Waals surface area (Å²) in [5, 5.41) is 20.6. The largest absolute Gasteiger partial charge is 0.390 e. The van der Waals surface area contributed by atoms with E-state index in [2.05, 4.69) is 16.0 Å². The van der Waals surface area contributed by atoms with Crippen LogP contribution in [0.4, 0.5) is 11.4 Å². The maximum atomic E-state index is 13.5. The summed E-state index contributed by atoms with van der Waals surface area (Å²) in [4.78, 5) is 13.5. The summed E-state index contributed by atoms with van der Waals surface area (Å²) >= 11 is 0. The molecular formula is C27H38N4O4S. The number of hydrogen-bond acceptors (Lipinski definition) is 6. The number of benzene rings is 2. The summed E-state index contributed by atoms with van der Waals surface area (Å²) in [6, 6.07) is 14.4. The number of nitrogens with zero attached hydrogens (tertiary/aromatic N) is 1. The summed E-state index contributed by atoms with van der Waals surface area (Å²) in [6.45, 7) is 4.26. The molecule has 1 aliphatic heterocycles. The van der Waals surface area contributed by atoms with Gasteiger partial charge in [0.1, 0.15) is 0 Å². The molecule has 1 heterocycles. The number of carbonyl (C=O) groups is 1. The first kappa shape index (κ1) is 26.4. The van der Waals surface area contributed by atoms with E-state index < -0.39 is 22.2 Å². The van der Waals surface area contributed by atoms with E-state index in [0.29, 0.717) is 55.3 Å². The van der Waals surface area contributed by atoms with Gasteiger partial charge in [-0.2, -0.15) is 0 Å². The van der Waals surface area contributed by atoms with E-state index >= 15 is 0 Å². The van der Waals surface area contributed by atoms with Crippen molar-refractivity contribution in [1.82, 2.24) is 10.6 Å². The Morgan fingerprint density at radius 3 is 2.61 bits per heavy atom. The molecule has 0 bridgehead atoms. The highest BCUT2D eigenvalue weighted by Crippen LogP contribution is 2.29. The number of anilines is 2. The normalized spacial score (nSPS) is 18.9. The fourth-order valence-corrected chi connectivity index (χ4v) is 6.20. The van der Waals surface area contributed by atoms with Crippen LogP contribution in [-0.2, 0) is 16.4 Å². The molecule has 1 amide bonds. The van der Waals surface area contributed by atoms with E-state index in [1.54, 1.807) is 18.2 Å². The molecule has 0 spiro atoms. The minimum absolute atomic E-state index is 0.110. The zero-order valence-electron chi connectivity index (χ0n) is 20.9. The van der Waals surface area contributed by atoms with Crippen LogP contribution in [0.1, 0.15) is 48.5 Å². The van der Waals surface area contributed by atoms with Crippen molar-refractivity contribution in [2.45, 2.75) is 51.2 Å². The Labute approximate surface area is 214 Å². The number of aliphatic hydroxyl groups excluding tert-OH is 1. The average molecular weight is 515 g/mol.